The van der Waals surface area contributed by atoms with E-state index in [-0.39, 0.29) is 5.91 Å². The Kier molecular flexibility index (Phi) is 4.29. The topological polar surface area (TPSA) is 46.1 Å². The molecule has 2 aromatic carbocycles. The van der Waals surface area contributed by atoms with Crippen LogP contribution < -0.4 is 4.90 Å². The molecule has 25 heavy (non-hydrogen) atoms. The minimum Gasteiger partial charge on any atom is -0.285 e. The molecule has 0 spiro atoms. The van der Waals surface area contributed by atoms with Crippen LogP contribution >= 0.6 is 22.7 Å². The van der Waals surface area contributed by atoms with Gasteiger partial charge in [0.2, 0.25) is 0 Å². The van der Waals surface area contributed by atoms with Gasteiger partial charge in [-0.05, 0) is 37.3 Å². The van der Waals surface area contributed by atoms with Crippen LogP contribution in [-0.4, -0.2) is 22.4 Å². The maximum Gasteiger partial charge on any atom is 0.252 e. The van der Waals surface area contributed by atoms with E-state index in [0.29, 0.717) is 6.54 Å². The van der Waals surface area contributed by atoms with Gasteiger partial charge in [-0.15, -0.1) is 11.3 Å². The summed E-state index contributed by atoms with van der Waals surface area (Å²) in [7, 11) is 0. The molecule has 0 radical (unpaired) electrons. The molecule has 4 rings (SSSR count). The summed E-state index contributed by atoms with van der Waals surface area (Å²) in [5.74, 6) is -0.0826. The van der Waals surface area contributed by atoms with Gasteiger partial charge in [0.25, 0.3) is 5.91 Å². The number of rotatable bonds is 4. The highest BCUT2D eigenvalue weighted by molar-refractivity contribution is 7.22. The second kappa shape index (κ2) is 6.74. The van der Waals surface area contributed by atoms with Gasteiger partial charge >= 0.3 is 0 Å². The van der Waals surface area contributed by atoms with E-state index >= 15 is 0 Å². The van der Waals surface area contributed by atoms with Crippen molar-refractivity contribution in [2.45, 2.75) is 6.92 Å². The van der Waals surface area contributed by atoms with E-state index < -0.39 is 0 Å². The highest BCUT2D eigenvalue weighted by Crippen LogP contribution is 2.29. The third-order valence-electron chi connectivity index (χ3n) is 3.77. The van der Waals surface area contributed by atoms with Crippen molar-refractivity contribution in [1.29, 1.82) is 0 Å². The van der Waals surface area contributed by atoms with E-state index in [1.807, 2.05) is 55.5 Å². The number of anilines is 1. The Bertz CT molecular complexity index is 1010. The Morgan fingerprint density at radius 2 is 1.64 bits per heavy atom. The minimum atomic E-state index is -0.0826. The highest BCUT2D eigenvalue weighted by Gasteiger charge is 2.15. The van der Waals surface area contributed by atoms with E-state index in [2.05, 4.69) is 9.97 Å². The molecule has 2 aromatic heterocycles. The van der Waals surface area contributed by atoms with Crippen LogP contribution in [0.25, 0.3) is 26.5 Å². The zero-order valence-electron chi connectivity index (χ0n) is 13.5. The average molecular weight is 365 g/mol. The fourth-order valence-electron chi connectivity index (χ4n) is 2.55. The molecule has 0 saturated carbocycles. The number of carbonyl (C=O) groups excluding carboxylic acids is 1. The van der Waals surface area contributed by atoms with Crippen LogP contribution in [0, 0.1) is 0 Å². The molecule has 0 aliphatic carbocycles. The van der Waals surface area contributed by atoms with Crippen molar-refractivity contribution in [2.24, 2.45) is 0 Å². The number of nitrogens with zero attached hydrogens (tertiary/aromatic N) is 3. The first-order valence-corrected chi connectivity index (χ1v) is 9.58. The van der Waals surface area contributed by atoms with Crippen LogP contribution in [0.1, 0.15) is 11.9 Å². The van der Waals surface area contributed by atoms with Gasteiger partial charge in [0.1, 0.15) is 5.01 Å². The van der Waals surface area contributed by atoms with E-state index in [4.69, 9.17) is 0 Å². The quantitative estimate of drug-likeness (QED) is 0.480. The molecule has 4 nitrogen and oxygen atoms in total. The van der Waals surface area contributed by atoms with Gasteiger partial charge < -0.3 is 0 Å². The Morgan fingerprint density at radius 3 is 2.28 bits per heavy atom. The highest BCUT2D eigenvalue weighted by atomic mass is 32.1. The van der Waals surface area contributed by atoms with Crippen LogP contribution in [-0.2, 0) is 4.79 Å². The second-order valence-corrected chi connectivity index (χ2v) is 7.47. The number of para-hydroxylation sites is 2. The molecule has 0 N–H and O–H groups in total. The molecule has 0 bridgehead atoms. The predicted octanol–water partition coefficient (Wildman–Crippen LogP) is 4.97. The van der Waals surface area contributed by atoms with Crippen molar-refractivity contribution in [2.75, 3.05) is 11.4 Å². The molecule has 0 atom stereocenters. The van der Waals surface area contributed by atoms with Gasteiger partial charge in [-0.1, -0.05) is 35.6 Å². The number of hydrogen-bond acceptors (Lipinski definition) is 5. The molecule has 0 aliphatic heterocycles. The zero-order chi connectivity index (χ0) is 17.2. The summed E-state index contributed by atoms with van der Waals surface area (Å²) >= 11 is 3.11. The number of fused-ring (bicyclic) bond motifs is 2. The van der Waals surface area contributed by atoms with Gasteiger partial charge in [-0.25, -0.2) is 9.97 Å². The van der Waals surface area contributed by atoms with E-state index in [9.17, 15) is 4.79 Å². The van der Waals surface area contributed by atoms with Crippen molar-refractivity contribution in [3.8, 4) is 0 Å². The van der Waals surface area contributed by atoms with Gasteiger partial charge in [0, 0.05) is 12.6 Å². The van der Waals surface area contributed by atoms with Gasteiger partial charge in [0.05, 0.1) is 20.4 Å². The second-order valence-electron chi connectivity index (χ2n) is 5.40. The van der Waals surface area contributed by atoms with Crippen LogP contribution in [0.15, 0.2) is 54.6 Å². The first kappa shape index (κ1) is 15.9. The number of carbonyl (C=O) groups is 1. The smallest absolute Gasteiger partial charge is 0.252 e. The van der Waals surface area contributed by atoms with Crippen molar-refractivity contribution in [3.05, 3.63) is 59.6 Å². The molecular weight excluding hydrogens is 350 g/mol. The lowest BCUT2D eigenvalue weighted by molar-refractivity contribution is -0.114. The lowest BCUT2D eigenvalue weighted by Gasteiger charge is -2.14. The maximum atomic E-state index is 12.6. The Labute approximate surface area is 153 Å². The molecule has 0 aliphatic rings. The van der Waals surface area contributed by atoms with Crippen LogP contribution in [0.4, 0.5) is 5.13 Å². The molecule has 124 valence electrons. The predicted molar refractivity (Wildman–Crippen MR) is 106 cm³/mol. The van der Waals surface area contributed by atoms with Crippen LogP contribution in [0.5, 0.6) is 0 Å². The number of hydrogen-bond donors (Lipinski definition) is 0. The fourth-order valence-corrected chi connectivity index (χ4v) is 4.46. The lowest BCUT2D eigenvalue weighted by atomic mass is 10.3. The molecule has 4 aromatic rings. The van der Waals surface area contributed by atoms with Gasteiger partial charge in [-0.3, -0.25) is 9.69 Å². The molecule has 0 saturated heterocycles. The molecule has 6 heteroatoms. The third kappa shape index (κ3) is 3.18. The summed E-state index contributed by atoms with van der Waals surface area (Å²) in [6, 6.07) is 15.9. The van der Waals surface area contributed by atoms with E-state index in [1.165, 1.54) is 11.3 Å². The largest absolute Gasteiger partial charge is 0.285 e. The Morgan fingerprint density at radius 1 is 1.00 bits per heavy atom. The Balaban J connectivity index is 1.59. The first-order chi connectivity index (χ1) is 12.2. The average Bonchev–Trinajstić information content (AvgIpc) is 3.23. The van der Waals surface area contributed by atoms with Crippen molar-refractivity contribution < 1.29 is 4.79 Å². The summed E-state index contributed by atoms with van der Waals surface area (Å²) in [4.78, 5) is 23.4. The lowest BCUT2D eigenvalue weighted by Crippen LogP contribution is -2.28. The number of amides is 1. The van der Waals surface area contributed by atoms with Crippen molar-refractivity contribution in [1.82, 2.24) is 9.97 Å². The van der Waals surface area contributed by atoms with Crippen LogP contribution in [0.3, 0.4) is 0 Å². The fraction of sp³-hybridized carbons (Fsp3) is 0.105. The van der Waals surface area contributed by atoms with Crippen LogP contribution in [0.2, 0.25) is 0 Å². The number of aromatic nitrogens is 2. The number of benzene rings is 2. The van der Waals surface area contributed by atoms with Gasteiger partial charge in [0.15, 0.2) is 5.13 Å². The molecule has 1 amide bonds. The summed E-state index contributed by atoms with van der Waals surface area (Å²) in [6.45, 7) is 2.53. The summed E-state index contributed by atoms with van der Waals surface area (Å²) in [5, 5.41) is 1.55. The monoisotopic (exact) mass is 365 g/mol. The summed E-state index contributed by atoms with van der Waals surface area (Å²) in [6.07, 6.45) is 3.36. The number of likely N-dealkylation sites (N-methyl/N-ethyl adjacent to an activating group) is 1. The zero-order valence-corrected chi connectivity index (χ0v) is 15.2. The first-order valence-electron chi connectivity index (χ1n) is 7.95. The Hall–Kier alpha value is -2.57. The molecule has 0 unspecified atom stereocenters. The third-order valence-corrected chi connectivity index (χ3v) is 5.84. The maximum absolute atomic E-state index is 12.6. The molecule has 0 fully saturated rings. The van der Waals surface area contributed by atoms with E-state index in [1.54, 1.807) is 28.4 Å². The summed E-state index contributed by atoms with van der Waals surface area (Å²) < 4.78 is 2.20. The number of thiazole rings is 2. The van der Waals surface area contributed by atoms with Crippen molar-refractivity contribution in [3.63, 3.8) is 0 Å². The normalized spacial score (nSPS) is 11.6. The van der Waals surface area contributed by atoms with E-state index in [0.717, 1.165) is 30.6 Å². The summed E-state index contributed by atoms with van der Waals surface area (Å²) in [5.41, 5.74) is 1.88. The SMILES string of the molecule is CCN(C(=O)/C=C/c1nc2ccccc2s1)c1nc2ccccc2s1. The minimum absolute atomic E-state index is 0.0826. The standard InChI is InChI=1S/C19H15N3OS2/c1-2-22(19-21-14-8-4-6-10-16(14)25-19)18(23)12-11-17-20-13-7-3-5-9-15(13)24-17/h3-12H,2H2,1H3/b12-11+. The van der Waals surface area contributed by atoms with Crippen molar-refractivity contribution >= 4 is 60.2 Å². The molecule has 2 heterocycles. The van der Waals surface area contributed by atoms with Gasteiger partial charge in [-0.2, -0.15) is 0 Å². The molecular formula is C19H15N3OS2.